The summed E-state index contributed by atoms with van der Waals surface area (Å²) >= 11 is 3.13. The first-order valence-electron chi connectivity index (χ1n) is 7.82. The summed E-state index contributed by atoms with van der Waals surface area (Å²) in [5.41, 5.74) is 1.09. The fraction of sp³-hybridized carbons (Fsp3) is 0.533. The Labute approximate surface area is 150 Å². The van der Waals surface area contributed by atoms with Crippen molar-refractivity contribution >= 4 is 21.8 Å². The van der Waals surface area contributed by atoms with Gasteiger partial charge >= 0.3 is 6.18 Å². The van der Waals surface area contributed by atoms with E-state index in [1.54, 1.807) is 11.1 Å². The number of nitrogens with zero attached hydrogens (tertiary/aromatic N) is 5. The average molecular weight is 420 g/mol. The number of carbonyl (C=O) groups excluding carboxylic acids is 1. The van der Waals surface area contributed by atoms with Crippen LogP contribution >= 0.6 is 15.9 Å². The molecule has 1 aliphatic rings. The molecule has 0 saturated carbocycles. The lowest BCUT2D eigenvalue weighted by atomic mass is 10.0. The molecule has 3 rings (SSSR count). The van der Waals surface area contributed by atoms with Gasteiger partial charge in [0.1, 0.15) is 6.54 Å². The van der Waals surface area contributed by atoms with Crippen molar-refractivity contribution in [1.82, 2.24) is 24.5 Å². The van der Waals surface area contributed by atoms with E-state index in [0.29, 0.717) is 13.1 Å². The molecule has 2 aromatic heterocycles. The fourth-order valence-electron chi connectivity index (χ4n) is 2.92. The van der Waals surface area contributed by atoms with E-state index < -0.39 is 12.7 Å². The summed E-state index contributed by atoms with van der Waals surface area (Å²) in [5, 5.41) is 8.09. The van der Waals surface area contributed by atoms with E-state index in [-0.39, 0.29) is 22.1 Å². The molecule has 3 heterocycles. The van der Waals surface area contributed by atoms with Crippen LogP contribution in [0.15, 0.2) is 23.1 Å². The Morgan fingerprint density at radius 2 is 2.00 bits per heavy atom. The Kier molecular flexibility index (Phi) is 4.90. The minimum atomic E-state index is -4.38. The van der Waals surface area contributed by atoms with Crippen molar-refractivity contribution in [2.75, 3.05) is 13.1 Å². The number of hydrogen-bond acceptors (Lipinski definition) is 3. The van der Waals surface area contributed by atoms with Crippen LogP contribution in [0.5, 0.6) is 0 Å². The molecule has 0 radical (unpaired) electrons. The molecule has 1 fully saturated rings. The van der Waals surface area contributed by atoms with Gasteiger partial charge in [-0.3, -0.25) is 14.2 Å². The van der Waals surface area contributed by atoms with E-state index in [1.165, 1.54) is 6.20 Å². The molecule has 1 saturated heterocycles. The van der Waals surface area contributed by atoms with Gasteiger partial charge in [0.25, 0.3) is 5.91 Å². The lowest BCUT2D eigenvalue weighted by molar-refractivity contribution is -0.142. The van der Waals surface area contributed by atoms with Gasteiger partial charge in [-0.2, -0.15) is 23.4 Å². The van der Waals surface area contributed by atoms with Crippen LogP contribution in [-0.2, 0) is 6.54 Å². The predicted octanol–water partition coefficient (Wildman–Crippen LogP) is 3.19. The summed E-state index contributed by atoms with van der Waals surface area (Å²) in [6.07, 6.45) is 2.05. The van der Waals surface area contributed by atoms with Gasteiger partial charge in [0.15, 0.2) is 5.69 Å². The molecule has 2 aromatic rings. The summed E-state index contributed by atoms with van der Waals surface area (Å²) < 4.78 is 40.3. The highest BCUT2D eigenvalue weighted by Gasteiger charge is 2.31. The van der Waals surface area contributed by atoms with E-state index in [1.807, 2.05) is 17.8 Å². The monoisotopic (exact) mass is 419 g/mol. The Hall–Kier alpha value is -1.84. The summed E-state index contributed by atoms with van der Waals surface area (Å²) in [7, 11) is 0. The van der Waals surface area contributed by atoms with Gasteiger partial charge in [0.2, 0.25) is 0 Å². The molecule has 0 aromatic carbocycles. The largest absolute Gasteiger partial charge is 0.408 e. The van der Waals surface area contributed by atoms with Crippen molar-refractivity contribution in [2.45, 2.75) is 38.5 Å². The third-order valence-corrected chi connectivity index (χ3v) is 4.70. The van der Waals surface area contributed by atoms with Crippen molar-refractivity contribution in [3.05, 3.63) is 34.3 Å². The number of amides is 1. The van der Waals surface area contributed by atoms with Crippen LogP contribution in [0.2, 0.25) is 0 Å². The van der Waals surface area contributed by atoms with Gasteiger partial charge < -0.3 is 4.90 Å². The quantitative estimate of drug-likeness (QED) is 0.767. The summed E-state index contributed by atoms with van der Waals surface area (Å²) in [6.45, 7) is 1.78. The topological polar surface area (TPSA) is 56.0 Å². The molecule has 0 unspecified atom stereocenters. The number of carbonyl (C=O) groups is 1. The smallest absolute Gasteiger partial charge is 0.337 e. The molecule has 10 heteroatoms. The number of hydrogen-bond donors (Lipinski definition) is 0. The van der Waals surface area contributed by atoms with E-state index >= 15 is 0 Å². The Morgan fingerprint density at radius 1 is 1.32 bits per heavy atom. The molecule has 0 aliphatic carbocycles. The van der Waals surface area contributed by atoms with Crippen LogP contribution in [0.4, 0.5) is 13.2 Å². The van der Waals surface area contributed by atoms with Gasteiger partial charge in [-0.15, -0.1) is 0 Å². The molecule has 0 spiro atoms. The van der Waals surface area contributed by atoms with E-state index in [9.17, 15) is 18.0 Å². The molecular weight excluding hydrogens is 403 g/mol. The number of aromatic nitrogens is 4. The van der Waals surface area contributed by atoms with Crippen molar-refractivity contribution in [3.63, 3.8) is 0 Å². The minimum absolute atomic E-state index is 0.0117. The normalized spacial score (nSPS) is 16.4. The number of likely N-dealkylation sites (tertiary alicyclic amines) is 1. The predicted molar refractivity (Wildman–Crippen MR) is 87.1 cm³/mol. The van der Waals surface area contributed by atoms with Crippen molar-refractivity contribution in [3.8, 4) is 0 Å². The zero-order valence-electron chi connectivity index (χ0n) is 13.5. The van der Waals surface area contributed by atoms with Crippen LogP contribution < -0.4 is 0 Å². The maximum Gasteiger partial charge on any atom is 0.408 e. The first-order chi connectivity index (χ1) is 11.7. The first kappa shape index (κ1) is 18.0. The summed E-state index contributed by atoms with van der Waals surface area (Å²) in [4.78, 5) is 14.2. The number of alkyl halides is 3. The highest BCUT2D eigenvalue weighted by atomic mass is 79.9. The molecule has 0 N–H and O–H groups in total. The molecule has 136 valence electrons. The number of aryl methyl sites for hydroxylation is 1. The second kappa shape index (κ2) is 6.81. The van der Waals surface area contributed by atoms with Crippen LogP contribution in [0.1, 0.15) is 34.9 Å². The van der Waals surface area contributed by atoms with Gasteiger partial charge in [0.05, 0.1) is 16.7 Å². The zero-order valence-corrected chi connectivity index (χ0v) is 15.1. The molecule has 1 amide bonds. The molecular formula is C15H17BrF3N5O. The highest BCUT2D eigenvalue weighted by molar-refractivity contribution is 9.10. The van der Waals surface area contributed by atoms with Crippen LogP contribution in [0.25, 0.3) is 0 Å². The maximum absolute atomic E-state index is 12.6. The average Bonchev–Trinajstić information content (AvgIpc) is 3.11. The zero-order chi connectivity index (χ0) is 18.2. The molecule has 0 atom stereocenters. The van der Waals surface area contributed by atoms with Gasteiger partial charge in [-0.1, -0.05) is 0 Å². The second-order valence-corrected chi connectivity index (χ2v) is 7.01. The van der Waals surface area contributed by atoms with Crippen LogP contribution in [0.3, 0.4) is 0 Å². The third-order valence-electron chi connectivity index (χ3n) is 4.12. The van der Waals surface area contributed by atoms with Crippen molar-refractivity contribution in [2.24, 2.45) is 0 Å². The lowest BCUT2D eigenvalue weighted by Gasteiger charge is -2.31. The second-order valence-electron chi connectivity index (χ2n) is 6.16. The van der Waals surface area contributed by atoms with Gasteiger partial charge in [0, 0.05) is 25.5 Å². The molecule has 1 aliphatic heterocycles. The van der Waals surface area contributed by atoms with Crippen molar-refractivity contribution < 1.29 is 18.0 Å². The fourth-order valence-corrected chi connectivity index (χ4v) is 3.41. The van der Waals surface area contributed by atoms with E-state index in [2.05, 4.69) is 26.1 Å². The summed E-state index contributed by atoms with van der Waals surface area (Å²) in [6, 6.07) is 0.226. The Morgan fingerprint density at radius 3 is 2.56 bits per heavy atom. The van der Waals surface area contributed by atoms with Crippen LogP contribution in [-0.4, -0.2) is 49.6 Å². The summed E-state index contributed by atoms with van der Waals surface area (Å²) in [5.74, 6) is -0.358. The third kappa shape index (κ3) is 4.23. The molecule has 6 nitrogen and oxygen atoms in total. The lowest BCUT2D eigenvalue weighted by Crippen LogP contribution is -2.39. The number of piperidine rings is 1. The Bertz CT molecular complexity index is 762. The van der Waals surface area contributed by atoms with Crippen molar-refractivity contribution in [1.29, 1.82) is 0 Å². The van der Waals surface area contributed by atoms with Gasteiger partial charge in [-0.25, -0.2) is 0 Å². The first-order valence-corrected chi connectivity index (χ1v) is 8.62. The van der Waals surface area contributed by atoms with E-state index in [0.717, 1.165) is 23.1 Å². The highest BCUT2D eigenvalue weighted by Crippen LogP contribution is 2.26. The number of rotatable bonds is 3. The number of halogens is 4. The minimum Gasteiger partial charge on any atom is -0.337 e. The SMILES string of the molecule is Cc1cnn(C2CCN(C(=O)c3nn(CC(F)(F)F)cc3Br)CC2)c1. The van der Waals surface area contributed by atoms with Gasteiger partial charge in [-0.05, 0) is 41.3 Å². The standard InChI is InChI=1S/C15H17BrF3N5O/c1-10-6-20-24(7-10)11-2-4-22(5-3-11)14(25)13-12(16)8-23(21-13)9-15(17,18)19/h6-8,11H,2-5,9H2,1H3. The van der Waals surface area contributed by atoms with Crippen LogP contribution in [0, 0.1) is 6.92 Å². The van der Waals surface area contributed by atoms with E-state index in [4.69, 9.17) is 0 Å². The Balaban J connectivity index is 1.64. The maximum atomic E-state index is 12.6. The molecule has 25 heavy (non-hydrogen) atoms. The molecule has 0 bridgehead atoms.